The summed E-state index contributed by atoms with van der Waals surface area (Å²) in [5.74, 6) is 0.480. The van der Waals surface area contributed by atoms with Crippen LogP contribution in [0, 0.1) is 0 Å². The lowest BCUT2D eigenvalue weighted by atomic mass is 10.1. The summed E-state index contributed by atoms with van der Waals surface area (Å²) in [5.41, 5.74) is 6.77. The molecule has 5 heteroatoms. The van der Waals surface area contributed by atoms with Crippen molar-refractivity contribution in [3.05, 3.63) is 23.8 Å². The van der Waals surface area contributed by atoms with Crippen molar-refractivity contribution in [3.8, 4) is 5.75 Å². The molecular formula is C14H23N3O2. The van der Waals surface area contributed by atoms with Gasteiger partial charge in [-0.15, -0.1) is 0 Å². The molecule has 0 saturated heterocycles. The molecule has 0 fully saturated rings. The van der Waals surface area contributed by atoms with Crippen LogP contribution in [0.15, 0.2) is 18.2 Å². The zero-order chi connectivity index (χ0) is 14.3. The number of methoxy groups -OCH3 is 1. The molecule has 1 aromatic rings. The Kier molecular flexibility index (Phi) is 6.15. The molecule has 0 aliphatic carbocycles. The third-order valence-electron chi connectivity index (χ3n) is 2.74. The van der Waals surface area contributed by atoms with Gasteiger partial charge in [-0.3, -0.25) is 4.79 Å². The number of hydrogen-bond donors (Lipinski definition) is 2. The molecule has 0 unspecified atom stereocenters. The number of carbonyl (C=O) groups excluding carboxylic acids is 1. The van der Waals surface area contributed by atoms with Crippen LogP contribution in [0.5, 0.6) is 5.75 Å². The minimum absolute atomic E-state index is 0.115. The summed E-state index contributed by atoms with van der Waals surface area (Å²) >= 11 is 0. The SMILES string of the molecule is COc1cc(N)cc(C(=O)NCCCCN(C)C)c1. The number of anilines is 1. The van der Waals surface area contributed by atoms with Gasteiger partial charge >= 0.3 is 0 Å². The van der Waals surface area contributed by atoms with Crippen LogP contribution in [0.1, 0.15) is 23.2 Å². The molecule has 1 rings (SSSR count). The summed E-state index contributed by atoms with van der Waals surface area (Å²) in [4.78, 5) is 14.1. The predicted molar refractivity (Wildman–Crippen MR) is 77.5 cm³/mol. The Hall–Kier alpha value is -1.75. The summed E-state index contributed by atoms with van der Waals surface area (Å²) in [7, 11) is 5.63. The zero-order valence-corrected chi connectivity index (χ0v) is 11.9. The number of nitrogens with two attached hydrogens (primary N) is 1. The van der Waals surface area contributed by atoms with E-state index in [9.17, 15) is 4.79 Å². The van der Waals surface area contributed by atoms with Gasteiger partial charge in [0.25, 0.3) is 5.91 Å². The number of nitrogens with one attached hydrogen (secondary N) is 1. The van der Waals surface area contributed by atoms with Crippen LogP contribution >= 0.6 is 0 Å². The fourth-order valence-electron chi connectivity index (χ4n) is 1.73. The topological polar surface area (TPSA) is 67.6 Å². The third-order valence-corrected chi connectivity index (χ3v) is 2.74. The number of nitrogens with zero attached hydrogens (tertiary/aromatic N) is 1. The van der Waals surface area contributed by atoms with Crippen molar-refractivity contribution in [3.63, 3.8) is 0 Å². The van der Waals surface area contributed by atoms with Gasteiger partial charge in [-0.05, 0) is 45.6 Å². The first-order valence-corrected chi connectivity index (χ1v) is 6.40. The van der Waals surface area contributed by atoms with Crippen molar-refractivity contribution in [1.29, 1.82) is 0 Å². The van der Waals surface area contributed by atoms with Crippen LogP contribution in [0.3, 0.4) is 0 Å². The largest absolute Gasteiger partial charge is 0.497 e. The van der Waals surface area contributed by atoms with Crippen molar-refractivity contribution in [2.75, 3.05) is 40.0 Å². The van der Waals surface area contributed by atoms with Gasteiger partial charge in [0.1, 0.15) is 5.75 Å². The molecule has 0 aromatic heterocycles. The van der Waals surface area contributed by atoms with Crippen molar-refractivity contribution in [1.82, 2.24) is 10.2 Å². The average Bonchev–Trinajstić information content (AvgIpc) is 2.36. The number of benzene rings is 1. The van der Waals surface area contributed by atoms with E-state index in [-0.39, 0.29) is 5.91 Å². The third kappa shape index (κ3) is 5.61. The van der Waals surface area contributed by atoms with Crippen molar-refractivity contribution < 1.29 is 9.53 Å². The van der Waals surface area contributed by atoms with E-state index in [0.29, 0.717) is 23.5 Å². The monoisotopic (exact) mass is 265 g/mol. The lowest BCUT2D eigenvalue weighted by Crippen LogP contribution is -2.25. The predicted octanol–water partition coefficient (Wildman–Crippen LogP) is 1.35. The first-order valence-electron chi connectivity index (χ1n) is 6.40. The highest BCUT2D eigenvalue weighted by atomic mass is 16.5. The Balaban J connectivity index is 2.43. The second kappa shape index (κ2) is 7.63. The van der Waals surface area contributed by atoms with Gasteiger partial charge in [0.15, 0.2) is 0 Å². The van der Waals surface area contributed by atoms with Gasteiger partial charge < -0.3 is 20.7 Å². The summed E-state index contributed by atoms with van der Waals surface area (Å²) < 4.78 is 5.09. The Labute approximate surface area is 114 Å². The number of carbonyl (C=O) groups is 1. The van der Waals surface area contributed by atoms with E-state index >= 15 is 0 Å². The summed E-state index contributed by atoms with van der Waals surface area (Å²) in [6, 6.07) is 5.02. The lowest BCUT2D eigenvalue weighted by molar-refractivity contribution is 0.0952. The summed E-state index contributed by atoms with van der Waals surface area (Å²) in [6.45, 7) is 1.70. The quantitative estimate of drug-likeness (QED) is 0.577. The van der Waals surface area contributed by atoms with E-state index in [0.717, 1.165) is 19.4 Å². The highest BCUT2D eigenvalue weighted by molar-refractivity contribution is 5.95. The van der Waals surface area contributed by atoms with Gasteiger partial charge in [0, 0.05) is 23.9 Å². The normalized spacial score (nSPS) is 10.5. The maximum atomic E-state index is 11.9. The van der Waals surface area contributed by atoms with Crippen LogP contribution in [-0.2, 0) is 0 Å². The van der Waals surface area contributed by atoms with Gasteiger partial charge in [-0.1, -0.05) is 0 Å². The first kappa shape index (κ1) is 15.3. The number of ether oxygens (including phenoxy) is 1. The van der Waals surface area contributed by atoms with Gasteiger partial charge in [0.2, 0.25) is 0 Å². The average molecular weight is 265 g/mol. The molecule has 0 saturated carbocycles. The maximum absolute atomic E-state index is 11.9. The fourth-order valence-corrected chi connectivity index (χ4v) is 1.73. The van der Waals surface area contributed by atoms with E-state index in [4.69, 9.17) is 10.5 Å². The molecule has 3 N–H and O–H groups in total. The molecule has 0 heterocycles. The highest BCUT2D eigenvalue weighted by Crippen LogP contribution is 2.18. The van der Waals surface area contributed by atoms with Crippen LogP contribution < -0.4 is 15.8 Å². The number of amides is 1. The Bertz CT molecular complexity index is 419. The van der Waals surface area contributed by atoms with Crippen LogP contribution in [0.4, 0.5) is 5.69 Å². The fraction of sp³-hybridized carbons (Fsp3) is 0.500. The van der Waals surface area contributed by atoms with Crippen molar-refractivity contribution >= 4 is 11.6 Å². The second-order valence-corrected chi connectivity index (χ2v) is 4.76. The molecule has 1 amide bonds. The van der Waals surface area contributed by atoms with Crippen LogP contribution in [-0.4, -0.2) is 45.1 Å². The molecule has 0 aliphatic rings. The zero-order valence-electron chi connectivity index (χ0n) is 11.9. The van der Waals surface area contributed by atoms with E-state index in [1.54, 1.807) is 25.3 Å². The molecule has 1 aromatic carbocycles. The minimum Gasteiger partial charge on any atom is -0.497 e. The van der Waals surface area contributed by atoms with Gasteiger partial charge in [-0.25, -0.2) is 0 Å². The number of nitrogen functional groups attached to an aromatic ring is 1. The van der Waals surface area contributed by atoms with Gasteiger partial charge in [0.05, 0.1) is 7.11 Å². The van der Waals surface area contributed by atoms with E-state index in [1.165, 1.54) is 0 Å². The molecule has 106 valence electrons. The van der Waals surface area contributed by atoms with Crippen LogP contribution in [0.2, 0.25) is 0 Å². The Morgan fingerprint density at radius 3 is 2.68 bits per heavy atom. The second-order valence-electron chi connectivity index (χ2n) is 4.76. The Morgan fingerprint density at radius 2 is 2.05 bits per heavy atom. The molecule has 0 atom stereocenters. The number of hydrogen-bond acceptors (Lipinski definition) is 4. The molecule has 0 spiro atoms. The first-order chi connectivity index (χ1) is 9.02. The Morgan fingerprint density at radius 1 is 1.32 bits per heavy atom. The molecule has 0 aliphatic heterocycles. The smallest absolute Gasteiger partial charge is 0.251 e. The van der Waals surface area contributed by atoms with Crippen LogP contribution in [0.25, 0.3) is 0 Å². The number of unbranched alkanes of at least 4 members (excludes halogenated alkanes) is 1. The maximum Gasteiger partial charge on any atom is 0.251 e. The van der Waals surface area contributed by atoms with Crippen molar-refractivity contribution in [2.24, 2.45) is 0 Å². The summed E-state index contributed by atoms with van der Waals surface area (Å²) in [5, 5.41) is 2.88. The van der Waals surface area contributed by atoms with E-state index in [2.05, 4.69) is 10.2 Å². The molecule has 0 radical (unpaired) electrons. The van der Waals surface area contributed by atoms with E-state index < -0.39 is 0 Å². The molecule has 0 bridgehead atoms. The minimum atomic E-state index is -0.115. The standard InChI is InChI=1S/C14H23N3O2/c1-17(2)7-5-4-6-16-14(18)11-8-12(15)10-13(9-11)19-3/h8-10H,4-7,15H2,1-3H3,(H,16,18). The summed E-state index contributed by atoms with van der Waals surface area (Å²) in [6.07, 6.45) is 2.02. The van der Waals surface area contributed by atoms with Gasteiger partial charge in [-0.2, -0.15) is 0 Å². The number of rotatable bonds is 7. The highest BCUT2D eigenvalue weighted by Gasteiger charge is 2.07. The van der Waals surface area contributed by atoms with Crippen molar-refractivity contribution in [2.45, 2.75) is 12.8 Å². The molecule has 19 heavy (non-hydrogen) atoms. The molecule has 5 nitrogen and oxygen atoms in total. The lowest BCUT2D eigenvalue weighted by Gasteiger charge is -2.10. The van der Waals surface area contributed by atoms with E-state index in [1.807, 2.05) is 14.1 Å². The molecular weight excluding hydrogens is 242 g/mol.